The molecule has 4 rings (SSSR count). The lowest BCUT2D eigenvalue weighted by Gasteiger charge is -2.21. The van der Waals surface area contributed by atoms with Gasteiger partial charge in [-0.15, -0.1) is 0 Å². The molecule has 1 fully saturated rings. The van der Waals surface area contributed by atoms with E-state index >= 15 is 0 Å². The molecule has 3 heterocycles. The molecular formula is C21H25N5O2. The standard InChI is InChI=1S/C21H25N5O2/c1-2-26-14-18(13-22-26)21(27)25-10-6-9-24(11-12-25)15-19-16-28-20(23-19)17-7-4-3-5-8-17/h3-5,7-8,13-14,16H,2,6,9-12,15H2,1H3. The minimum atomic E-state index is 0.0642. The molecule has 28 heavy (non-hydrogen) atoms. The van der Waals surface area contributed by atoms with E-state index in [4.69, 9.17) is 4.42 Å². The predicted molar refractivity (Wildman–Crippen MR) is 106 cm³/mol. The lowest BCUT2D eigenvalue weighted by atomic mass is 10.2. The van der Waals surface area contributed by atoms with Crippen LogP contribution in [-0.4, -0.2) is 56.7 Å². The third-order valence-corrected chi connectivity index (χ3v) is 5.04. The van der Waals surface area contributed by atoms with Gasteiger partial charge in [0.1, 0.15) is 6.26 Å². The van der Waals surface area contributed by atoms with Gasteiger partial charge in [0.05, 0.1) is 17.5 Å². The Labute approximate surface area is 164 Å². The van der Waals surface area contributed by atoms with Crippen molar-refractivity contribution in [1.82, 2.24) is 24.6 Å². The van der Waals surface area contributed by atoms with Gasteiger partial charge in [-0.25, -0.2) is 4.98 Å². The van der Waals surface area contributed by atoms with E-state index in [2.05, 4.69) is 15.0 Å². The van der Waals surface area contributed by atoms with E-state index < -0.39 is 0 Å². The van der Waals surface area contributed by atoms with Gasteiger partial charge >= 0.3 is 0 Å². The van der Waals surface area contributed by atoms with Crippen molar-refractivity contribution in [3.63, 3.8) is 0 Å². The Morgan fingerprint density at radius 2 is 2.00 bits per heavy atom. The number of benzene rings is 1. The molecule has 1 amide bonds. The van der Waals surface area contributed by atoms with Gasteiger partial charge in [-0.3, -0.25) is 14.4 Å². The molecule has 7 nitrogen and oxygen atoms in total. The Morgan fingerprint density at radius 1 is 1.14 bits per heavy atom. The van der Waals surface area contributed by atoms with E-state index in [1.54, 1.807) is 17.1 Å². The van der Waals surface area contributed by atoms with Gasteiger partial charge in [-0.2, -0.15) is 5.10 Å². The summed E-state index contributed by atoms with van der Waals surface area (Å²) in [5.41, 5.74) is 2.57. The molecular weight excluding hydrogens is 354 g/mol. The summed E-state index contributed by atoms with van der Waals surface area (Å²) < 4.78 is 7.43. The molecule has 1 aromatic carbocycles. The minimum absolute atomic E-state index is 0.0642. The van der Waals surface area contributed by atoms with Crippen molar-refractivity contribution >= 4 is 5.91 Å². The highest BCUT2D eigenvalue weighted by molar-refractivity contribution is 5.93. The van der Waals surface area contributed by atoms with E-state index in [9.17, 15) is 4.79 Å². The van der Waals surface area contributed by atoms with Gasteiger partial charge in [-0.05, 0) is 25.5 Å². The monoisotopic (exact) mass is 379 g/mol. The maximum atomic E-state index is 12.7. The maximum absolute atomic E-state index is 12.7. The van der Waals surface area contributed by atoms with Crippen molar-refractivity contribution in [3.8, 4) is 11.5 Å². The Bertz CT molecular complexity index is 918. The fourth-order valence-corrected chi connectivity index (χ4v) is 3.48. The zero-order valence-electron chi connectivity index (χ0n) is 16.1. The van der Waals surface area contributed by atoms with Gasteiger partial charge in [0, 0.05) is 51.0 Å². The number of carbonyl (C=O) groups excluding carboxylic acids is 1. The molecule has 0 aliphatic carbocycles. The van der Waals surface area contributed by atoms with Gasteiger partial charge < -0.3 is 9.32 Å². The molecule has 1 saturated heterocycles. The molecule has 3 aromatic rings. The minimum Gasteiger partial charge on any atom is -0.444 e. The van der Waals surface area contributed by atoms with Gasteiger partial charge in [0.2, 0.25) is 5.89 Å². The fourth-order valence-electron chi connectivity index (χ4n) is 3.48. The average molecular weight is 379 g/mol. The third-order valence-electron chi connectivity index (χ3n) is 5.04. The normalized spacial score (nSPS) is 15.5. The second-order valence-corrected chi connectivity index (χ2v) is 7.02. The first-order chi connectivity index (χ1) is 13.7. The first kappa shape index (κ1) is 18.4. The highest BCUT2D eigenvalue weighted by Gasteiger charge is 2.22. The Morgan fingerprint density at radius 3 is 2.79 bits per heavy atom. The van der Waals surface area contributed by atoms with Crippen LogP contribution in [-0.2, 0) is 13.1 Å². The molecule has 2 aromatic heterocycles. The predicted octanol–water partition coefficient (Wildman–Crippen LogP) is 2.91. The molecule has 0 radical (unpaired) electrons. The average Bonchev–Trinajstić information content (AvgIpc) is 3.34. The van der Waals surface area contributed by atoms with Crippen LogP contribution >= 0.6 is 0 Å². The molecule has 0 spiro atoms. The zero-order valence-corrected chi connectivity index (χ0v) is 16.1. The SMILES string of the molecule is CCn1cc(C(=O)N2CCCN(Cc3coc(-c4ccccc4)n3)CC2)cn1. The van der Waals surface area contributed by atoms with Gasteiger partial charge in [0.25, 0.3) is 5.91 Å². The Balaban J connectivity index is 1.35. The smallest absolute Gasteiger partial charge is 0.257 e. The summed E-state index contributed by atoms with van der Waals surface area (Å²) in [7, 11) is 0. The lowest BCUT2D eigenvalue weighted by Crippen LogP contribution is -2.35. The van der Waals surface area contributed by atoms with E-state index in [1.807, 2.05) is 48.4 Å². The van der Waals surface area contributed by atoms with Crippen LogP contribution in [0.3, 0.4) is 0 Å². The molecule has 0 N–H and O–H groups in total. The molecule has 7 heteroatoms. The van der Waals surface area contributed by atoms with Crippen LogP contribution in [0.2, 0.25) is 0 Å². The van der Waals surface area contributed by atoms with Crippen LogP contribution in [0.25, 0.3) is 11.5 Å². The zero-order chi connectivity index (χ0) is 19.3. The summed E-state index contributed by atoms with van der Waals surface area (Å²) >= 11 is 0. The topological polar surface area (TPSA) is 67.4 Å². The number of aromatic nitrogens is 3. The number of aryl methyl sites for hydroxylation is 1. The molecule has 0 bridgehead atoms. The van der Waals surface area contributed by atoms with Crippen molar-refractivity contribution in [2.24, 2.45) is 0 Å². The Hall–Kier alpha value is -2.93. The quantitative estimate of drug-likeness (QED) is 0.682. The van der Waals surface area contributed by atoms with Crippen LogP contribution in [0.5, 0.6) is 0 Å². The summed E-state index contributed by atoms with van der Waals surface area (Å²) in [6.45, 7) is 6.74. The summed E-state index contributed by atoms with van der Waals surface area (Å²) in [6, 6.07) is 9.91. The van der Waals surface area contributed by atoms with Crippen molar-refractivity contribution in [1.29, 1.82) is 0 Å². The fraction of sp³-hybridized carbons (Fsp3) is 0.381. The number of carbonyl (C=O) groups is 1. The number of nitrogens with zero attached hydrogens (tertiary/aromatic N) is 5. The first-order valence-corrected chi connectivity index (χ1v) is 9.77. The van der Waals surface area contributed by atoms with Crippen molar-refractivity contribution in [2.45, 2.75) is 26.4 Å². The molecule has 146 valence electrons. The Kier molecular flexibility index (Phi) is 5.53. The van der Waals surface area contributed by atoms with E-state index in [0.29, 0.717) is 18.0 Å². The number of oxazole rings is 1. The molecule has 1 aliphatic rings. The van der Waals surface area contributed by atoms with Crippen LogP contribution < -0.4 is 0 Å². The van der Waals surface area contributed by atoms with Crippen molar-refractivity contribution in [3.05, 3.63) is 60.2 Å². The van der Waals surface area contributed by atoms with Crippen molar-refractivity contribution in [2.75, 3.05) is 26.2 Å². The highest BCUT2D eigenvalue weighted by Crippen LogP contribution is 2.19. The largest absolute Gasteiger partial charge is 0.444 e. The second-order valence-electron chi connectivity index (χ2n) is 7.02. The number of hydrogen-bond donors (Lipinski definition) is 0. The van der Waals surface area contributed by atoms with E-state index in [-0.39, 0.29) is 5.91 Å². The molecule has 0 unspecified atom stereocenters. The lowest BCUT2D eigenvalue weighted by molar-refractivity contribution is 0.0761. The summed E-state index contributed by atoms with van der Waals surface area (Å²) in [6.07, 6.45) is 6.16. The highest BCUT2D eigenvalue weighted by atomic mass is 16.3. The summed E-state index contributed by atoms with van der Waals surface area (Å²) in [4.78, 5) is 21.6. The van der Waals surface area contributed by atoms with Crippen LogP contribution in [0, 0.1) is 0 Å². The van der Waals surface area contributed by atoms with E-state index in [0.717, 1.165) is 50.4 Å². The first-order valence-electron chi connectivity index (χ1n) is 9.77. The van der Waals surface area contributed by atoms with Crippen LogP contribution in [0.1, 0.15) is 29.4 Å². The maximum Gasteiger partial charge on any atom is 0.257 e. The van der Waals surface area contributed by atoms with E-state index in [1.165, 1.54) is 0 Å². The molecule has 0 saturated carbocycles. The van der Waals surface area contributed by atoms with Crippen molar-refractivity contribution < 1.29 is 9.21 Å². The van der Waals surface area contributed by atoms with Crippen LogP contribution in [0.4, 0.5) is 0 Å². The number of hydrogen-bond acceptors (Lipinski definition) is 5. The van der Waals surface area contributed by atoms with Gasteiger partial charge in [-0.1, -0.05) is 18.2 Å². The number of rotatable bonds is 5. The number of amides is 1. The molecule has 1 aliphatic heterocycles. The summed E-state index contributed by atoms with van der Waals surface area (Å²) in [5.74, 6) is 0.713. The van der Waals surface area contributed by atoms with Crippen LogP contribution in [0.15, 0.2) is 53.4 Å². The third kappa shape index (κ3) is 4.14. The van der Waals surface area contributed by atoms with Gasteiger partial charge in [0.15, 0.2) is 0 Å². The molecule has 0 atom stereocenters. The summed E-state index contributed by atoms with van der Waals surface area (Å²) in [5, 5.41) is 4.21. The second kappa shape index (κ2) is 8.39.